The highest BCUT2D eigenvalue weighted by atomic mass is 16.4. The standard InChI is InChI=1S/C16H20N2O3/c1-17(9-11-6-7-11)16(21)18-10-13(15(19)20)8-12-4-2-3-5-14(12)18/h2-5,11,13H,6-10H2,1H3,(H,19,20). The Balaban J connectivity index is 1.84. The van der Waals surface area contributed by atoms with Gasteiger partial charge in [-0.05, 0) is 36.8 Å². The van der Waals surface area contributed by atoms with Gasteiger partial charge >= 0.3 is 12.0 Å². The van der Waals surface area contributed by atoms with Gasteiger partial charge in [0.1, 0.15) is 0 Å². The minimum Gasteiger partial charge on any atom is -0.481 e. The Morgan fingerprint density at radius 2 is 2.05 bits per heavy atom. The van der Waals surface area contributed by atoms with Gasteiger partial charge in [0.05, 0.1) is 5.92 Å². The van der Waals surface area contributed by atoms with Crippen molar-refractivity contribution in [1.29, 1.82) is 0 Å². The second kappa shape index (κ2) is 5.39. The SMILES string of the molecule is CN(CC1CC1)C(=O)N1CC(C(=O)O)Cc2ccccc21. The van der Waals surface area contributed by atoms with Crippen LogP contribution in [0.2, 0.25) is 0 Å². The van der Waals surface area contributed by atoms with E-state index in [1.807, 2.05) is 24.3 Å². The molecule has 2 aliphatic rings. The molecule has 5 heteroatoms. The van der Waals surface area contributed by atoms with Gasteiger partial charge in [0, 0.05) is 25.8 Å². The molecule has 112 valence electrons. The van der Waals surface area contributed by atoms with Gasteiger partial charge < -0.3 is 10.0 Å². The predicted molar refractivity (Wildman–Crippen MR) is 79.4 cm³/mol. The molecule has 1 fully saturated rings. The molecule has 1 aromatic carbocycles. The van der Waals surface area contributed by atoms with Crippen LogP contribution in [0.15, 0.2) is 24.3 Å². The molecule has 5 nitrogen and oxygen atoms in total. The Labute approximate surface area is 124 Å². The number of aliphatic carboxylic acids is 1. The normalized spacial score (nSPS) is 20.8. The number of rotatable bonds is 3. The van der Waals surface area contributed by atoms with Crippen molar-refractivity contribution in [3.05, 3.63) is 29.8 Å². The van der Waals surface area contributed by atoms with Crippen molar-refractivity contribution in [2.45, 2.75) is 19.3 Å². The summed E-state index contributed by atoms with van der Waals surface area (Å²) in [7, 11) is 1.80. The molecule has 21 heavy (non-hydrogen) atoms. The Bertz CT molecular complexity index is 568. The molecule has 0 radical (unpaired) electrons. The van der Waals surface area contributed by atoms with Gasteiger partial charge in [-0.2, -0.15) is 0 Å². The number of carbonyl (C=O) groups excluding carboxylic acids is 1. The molecule has 1 N–H and O–H groups in total. The predicted octanol–water partition coefficient (Wildman–Crippen LogP) is 2.21. The lowest BCUT2D eigenvalue weighted by molar-refractivity contribution is -0.141. The number of benzene rings is 1. The first-order valence-corrected chi connectivity index (χ1v) is 7.39. The van der Waals surface area contributed by atoms with Crippen LogP contribution in [0.5, 0.6) is 0 Å². The zero-order valence-corrected chi connectivity index (χ0v) is 12.2. The summed E-state index contributed by atoms with van der Waals surface area (Å²) in [6, 6.07) is 7.49. The average Bonchev–Trinajstić information content (AvgIpc) is 3.29. The Hall–Kier alpha value is -2.04. The third-order valence-corrected chi connectivity index (χ3v) is 4.29. The summed E-state index contributed by atoms with van der Waals surface area (Å²) in [6.45, 7) is 1.01. The number of hydrogen-bond donors (Lipinski definition) is 1. The van der Waals surface area contributed by atoms with E-state index in [9.17, 15) is 14.7 Å². The Kier molecular flexibility index (Phi) is 3.57. The summed E-state index contributed by atoms with van der Waals surface area (Å²) >= 11 is 0. The molecule has 1 saturated carbocycles. The molecule has 0 spiro atoms. The zero-order chi connectivity index (χ0) is 15.0. The lowest BCUT2D eigenvalue weighted by Gasteiger charge is -2.35. The summed E-state index contributed by atoms with van der Waals surface area (Å²) in [5.74, 6) is -0.750. The number of fused-ring (bicyclic) bond motifs is 1. The quantitative estimate of drug-likeness (QED) is 0.927. The first-order chi connectivity index (χ1) is 10.1. The smallest absolute Gasteiger partial charge is 0.324 e. The van der Waals surface area contributed by atoms with Gasteiger partial charge in [0.25, 0.3) is 0 Å². The van der Waals surface area contributed by atoms with Crippen molar-refractivity contribution in [1.82, 2.24) is 4.90 Å². The van der Waals surface area contributed by atoms with Gasteiger partial charge in [-0.15, -0.1) is 0 Å². The van der Waals surface area contributed by atoms with Crippen molar-refractivity contribution < 1.29 is 14.7 Å². The minimum absolute atomic E-state index is 0.0969. The molecule has 2 amide bonds. The number of carboxylic acid groups (broad SMARTS) is 1. The summed E-state index contributed by atoms with van der Waals surface area (Å²) in [4.78, 5) is 27.3. The summed E-state index contributed by atoms with van der Waals surface area (Å²) in [6.07, 6.45) is 2.86. The first-order valence-electron chi connectivity index (χ1n) is 7.39. The van der Waals surface area contributed by atoms with Gasteiger partial charge in [-0.1, -0.05) is 18.2 Å². The highest BCUT2D eigenvalue weighted by Crippen LogP contribution is 2.32. The zero-order valence-electron chi connectivity index (χ0n) is 12.2. The molecular formula is C16H20N2O3. The third-order valence-electron chi connectivity index (χ3n) is 4.29. The number of carboxylic acids is 1. The number of urea groups is 1. The maximum absolute atomic E-state index is 12.7. The van der Waals surface area contributed by atoms with Crippen molar-refractivity contribution in [2.75, 3.05) is 25.0 Å². The molecule has 1 unspecified atom stereocenters. The fraction of sp³-hybridized carbons (Fsp3) is 0.500. The van der Waals surface area contributed by atoms with Crippen LogP contribution in [0.1, 0.15) is 18.4 Å². The number of amides is 2. The molecule has 0 aromatic heterocycles. The molecule has 0 saturated heterocycles. The van der Waals surface area contributed by atoms with E-state index in [0.29, 0.717) is 12.3 Å². The largest absolute Gasteiger partial charge is 0.481 e. The minimum atomic E-state index is -0.841. The van der Waals surface area contributed by atoms with Gasteiger partial charge in [-0.3, -0.25) is 9.69 Å². The monoisotopic (exact) mass is 288 g/mol. The molecular weight excluding hydrogens is 268 g/mol. The van der Waals surface area contributed by atoms with E-state index in [-0.39, 0.29) is 12.6 Å². The second-order valence-corrected chi connectivity index (χ2v) is 6.09. The maximum atomic E-state index is 12.7. The highest BCUT2D eigenvalue weighted by Gasteiger charge is 2.34. The Morgan fingerprint density at radius 1 is 1.33 bits per heavy atom. The molecule has 1 aliphatic carbocycles. The van der Waals surface area contributed by atoms with Gasteiger partial charge in [0.15, 0.2) is 0 Å². The average molecular weight is 288 g/mol. The molecule has 1 atom stereocenters. The number of carbonyl (C=O) groups is 2. The van der Waals surface area contributed by atoms with Crippen LogP contribution in [0, 0.1) is 11.8 Å². The van der Waals surface area contributed by atoms with Gasteiger partial charge in [-0.25, -0.2) is 4.79 Å². The van der Waals surface area contributed by atoms with E-state index in [1.165, 1.54) is 12.8 Å². The molecule has 3 rings (SSSR count). The number of nitrogens with zero attached hydrogens (tertiary/aromatic N) is 2. The number of para-hydroxylation sites is 1. The second-order valence-electron chi connectivity index (χ2n) is 6.09. The van der Waals surface area contributed by atoms with E-state index in [0.717, 1.165) is 17.8 Å². The lowest BCUT2D eigenvalue weighted by Crippen LogP contribution is -2.48. The topological polar surface area (TPSA) is 60.9 Å². The molecule has 1 heterocycles. The first kappa shape index (κ1) is 13.9. The van der Waals surface area contributed by atoms with E-state index in [1.54, 1.807) is 16.8 Å². The van der Waals surface area contributed by atoms with Crippen LogP contribution in [-0.2, 0) is 11.2 Å². The van der Waals surface area contributed by atoms with Crippen molar-refractivity contribution >= 4 is 17.7 Å². The van der Waals surface area contributed by atoms with Crippen LogP contribution < -0.4 is 4.90 Å². The van der Waals surface area contributed by atoms with Gasteiger partial charge in [0.2, 0.25) is 0 Å². The van der Waals surface area contributed by atoms with Crippen LogP contribution in [0.3, 0.4) is 0 Å². The summed E-state index contributed by atoms with van der Waals surface area (Å²) in [5, 5.41) is 9.31. The number of anilines is 1. The lowest BCUT2D eigenvalue weighted by atomic mass is 9.93. The van der Waals surface area contributed by atoms with Crippen LogP contribution in [0.4, 0.5) is 10.5 Å². The fourth-order valence-corrected chi connectivity index (χ4v) is 2.91. The van der Waals surface area contributed by atoms with E-state index in [4.69, 9.17) is 0 Å². The third kappa shape index (κ3) is 2.86. The Morgan fingerprint density at radius 3 is 2.71 bits per heavy atom. The number of hydrogen-bond acceptors (Lipinski definition) is 2. The van der Waals surface area contributed by atoms with Crippen molar-refractivity contribution in [3.63, 3.8) is 0 Å². The van der Waals surface area contributed by atoms with Crippen LogP contribution in [0.25, 0.3) is 0 Å². The molecule has 1 aromatic rings. The van der Waals surface area contributed by atoms with Crippen LogP contribution >= 0.6 is 0 Å². The maximum Gasteiger partial charge on any atom is 0.324 e. The summed E-state index contributed by atoms with van der Waals surface area (Å²) < 4.78 is 0. The van der Waals surface area contributed by atoms with Crippen LogP contribution in [-0.4, -0.2) is 42.1 Å². The van der Waals surface area contributed by atoms with E-state index >= 15 is 0 Å². The van der Waals surface area contributed by atoms with Crippen molar-refractivity contribution in [3.8, 4) is 0 Å². The van der Waals surface area contributed by atoms with E-state index in [2.05, 4.69) is 0 Å². The van der Waals surface area contributed by atoms with Crippen molar-refractivity contribution in [2.24, 2.45) is 11.8 Å². The molecule has 0 bridgehead atoms. The molecule has 1 aliphatic heterocycles. The van der Waals surface area contributed by atoms with E-state index < -0.39 is 11.9 Å². The summed E-state index contributed by atoms with van der Waals surface area (Å²) in [5.41, 5.74) is 1.78. The highest BCUT2D eigenvalue weighted by molar-refractivity contribution is 5.94. The fourth-order valence-electron chi connectivity index (χ4n) is 2.91.